The highest BCUT2D eigenvalue weighted by atomic mass is 16.6. The van der Waals surface area contributed by atoms with Crippen LogP contribution in [0.4, 0.5) is 5.69 Å². The van der Waals surface area contributed by atoms with Crippen LogP contribution in [-0.2, 0) is 17.4 Å². The quantitative estimate of drug-likeness (QED) is 0.637. The van der Waals surface area contributed by atoms with Crippen LogP contribution in [0.5, 0.6) is 11.6 Å². The molecule has 148 valence electrons. The van der Waals surface area contributed by atoms with Crippen molar-refractivity contribution in [3.8, 4) is 11.6 Å². The first kappa shape index (κ1) is 17.7. The third-order valence-electron chi connectivity index (χ3n) is 5.81. The summed E-state index contributed by atoms with van der Waals surface area (Å²) in [5, 5.41) is 4.54. The molecule has 2 aliphatic heterocycles. The maximum absolute atomic E-state index is 12.8. The molecule has 7 heteroatoms. The second kappa shape index (κ2) is 6.07. The van der Waals surface area contributed by atoms with E-state index in [-0.39, 0.29) is 5.97 Å². The number of anilines is 1. The average molecular weight is 390 g/mol. The zero-order valence-electron chi connectivity index (χ0n) is 16.9. The van der Waals surface area contributed by atoms with Gasteiger partial charge in [0.1, 0.15) is 11.4 Å². The number of rotatable bonds is 3. The van der Waals surface area contributed by atoms with Crippen LogP contribution in [0.15, 0.2) is 36.5 Å². The molecule has 0 N–H and O–H groups in total. The standard InChI is InChI=1S/C22H22N4O3/c1-5-26(6-2)14-9-10-16-17(12-14)28-20-18(13(3)24-25(20)4)22(16)19-15(21(27)29-22)8-7-11-23-19/h7-12H,5-6H2,1-4H3. The fourth-order valence-corrected chi connectivity index (χ4v) is 4.51. The topological polar surface area (TPSA) is 69.5 Å². The van der Waals surface area contributed by atoms with Crippen molar-refractivity contribution in [3.05, 3.63) is 64.6 Å². The highest BCUT2D eigenvalue weighted by molar-refractivity contribution is 5.96. The first-order chi connectivity index (χ1) is 14.0. The van der Waals surface area contributed by atoms with E-state index in [1.807, 2.05) is 32.2 Å². The van der Waals surface area contributed by atoms with Crippen molar-refractivity contribution in [3.63, 3.8) is 0 Å². The van der Waals surface area contributed by atoms with E-state index >= 15 is 0 Å². The lowest BCUT2D eigenvalue weighted by atomic mass is 9.80. The number of esters is 1. The van der Waals surface area contributed by atoms with Crippen molar-refractivity contribution in [2.24, 2.45) is 7.05 Å². The second-order valence-corrected chi connectivity index (χ2v) is 7.31. The Morgan fingerprint density at radius 2 is 2.00 bits per heavy atom. The number of ether oxygens (including phenoxy) is 2. The molecule has 0 aliphatic carbocycles. The maximum Gasteiger partial charge on any atom is 0.341 e. The molecule has 7 nitrogen and oxygen atoms in total. The summed E-state index contributed by atoms with van der Waals surface area (Å²) in [5.41, 5.74) is 3.20. The Morgan fingerprint density at radius 1 is 1.21 bits per heavy atom. The fraction of sp³-hybridized carbons (Fsp3) is 0.318. The van der Waals surface area contributed by atoms with Gasteiger partial charge in [0.25, 0.3) is 0 Å². The summed E-state index contributed by atoms with van der Waals surface area (Å²) >= 11 is 0. The molecule has 29 heavy (non-hydrogen) atoms. The number of aromatic nitrogens is 3. The van der Waals surface area contributed by atoms with Gasteiger partial charge in [0, 0.05) is 43.7 Å². The predicted octanol–water partition coefficient (Wildman–Crippen LogP) is 3.54. The molecule has 5 rings (SSSR count). The summed E-state index contributed by atoms with van der Waals surface area (Å²) in [7, 11) is 1.83. The van der Waals surface area contributed by atoms with E-state index in [2.05, 4.69) is 28.8 Å². The summed E-state index contributed by atoms with van der Waals surface area (Å²) in [6.07, 6.45) is 1.69. The smallest absolute Gasteiger partial charge is 0.341 e. The summed E-state index contributed by atoms with van der Waals surface area (Å²) in [6.45, 7) is 7.90. The van der Waals surface area contributed by atoms with Gasteiger partial charge in [0.2, 0.25) is 11.5 Å². The van der Waals surface area contributed by atoms with E-state index in [1.54, 1.807) is 23.0 Å². The molecule has 1 aromatic carbocycles. The maximum atomic E-state index is 12.8. The van der Waals surface area contributed by atoms with Gasteiger partial charge in [0.15, 0.2) is 0 Å². The Bertz CT molecular complexity index is 1150. The highest BCUT2D eigenvalue weighted by Crippen LogP contribution is 2.56. The lowest BCUT2D eigenvalue weighted by Crippen LogP contribution is -2.34. The molecule has 1 unspecified atom stereocenters. The molecular formula is C22H22N4O3. The van der Waals surface area contributed by atoms with Gasteiger partial charge in [-0.1, -0.05) is 0 Å². The van der Waals surface area contributed by atoms with Crippen molar-refractivity contribution < 1.29 is 14.3 Å². The third-order valence-corrected chi connectivity index (χ3v) is 5.81. The van der Waals surface area contributed by atoms with E-state index in [0.717, 1.165) is 35.6 Å². The molecule has 0 fully saturated rings. The lowest BCUT2D eigenvalue weighted by molar-refractivity contribution is 0.0212. The van der Waals surface area contributed by atoms with Crippen LogP contribution in [0.25, 0.3) is 0 Å². The van der Waals surface area contributed by atoms with Crippen LogP contribution in [0.3, 0.4) is 0 Å². The van der Waals surface area contributed by atoms with Crippen LogP contribution < -0.4 is 9.64 Å². The number of pyridine rings is 1. The number of carbonyl (C=O) groups excluding carboxylic acids is 1. The minimum Gasteiger partial charge on any atom is -0.438 e. The Labute approximate surface area is 168 Å². The average Bonchev–Trinajstić information content (AvgIpc) is 3.17. The SMILES string of the molecule is CCN(CC)c1ccc2c(c1)Oc1c(c(C)nn1C)C21OC(=O)c2cccnc21. The monoisotopic (exact) mass is 390 g/mol. The zero-order valence-corrected chi connectivity index (χ0v) is 16.9. The number of aryl methyl sites for hydroxylation is 2. The third kappa shape index (κ3) is 2.21. The molecule has 1 atom stereocenters. The van der Waals surface area contributed by atoms with E-state index in [9.17, 15) is 4.79 Å². The van der Waals surface area contributed by atoms with Gasteiger partial charge in [-0.05, 0) is 45.0 Å². The highest BCUT2D eigenvalue weighted by Gasteiger charge is 2.57. The minimum absolute atomic E-state index is 0.386. The number of fused-ring (bicyclic) bond motifs is 6. The molecular weight excluding hydrogens is 368 g/mol. The first-order valence-corrected chi connectivity index (χ1v) is 9.81. The molecule has 0 bridgehead atoms. The van der Waals surface area contributed by atoms with E-state index in [0.29, 0.717) is 22.9 Å². The van der Waals surface area contributed by atoms with E-state index in [1.165, 1.54) is 0 Å². The second-order valence-electron chi connectivity index (χ2n) is 7.31. The van der Waals surface area contributed by atoms with Crippen molar-refractivity contribution >= 4 is 11.7 Å². The van der Waals surface area contributed by atoms with E-state index < -0.39 is 5.60 Å². The molecule has 3 aromatic rings. The van der Waals surface area contributed by atoms with Crippen LogP contribution in [0.1, 0.15) is 46.7 Å². The molecule has 2 aromatic heterocycles. The molecule has 1 spiro atoms. The Balaban J connectivity index is 1.83. The first-order valence-electron chi connectivity index (χ1n) is 9.81. The van der Waals surface area contributed by atoms with E-state index in [4.69, 9.17) is 9.47 Å². The molecule has 0 amide bonds. The molecule has 2 aliphatic rings. The number of hydrogen-bond acceptors (Lipinski definition) is 6. The lowest BCUT2D eigenvalue weighted by Gasteiger charge is -2.35. The largest absolute Gasteiger partial charge is 0.438 e. The molecule has 4 heterocycles. The van der Waals surface area contributed by atoms with Gasteiger partial charge in [-0.15, -0.1) is 0 Å². The van der Waals surface area contributed by atoms with Gasteiger partial charge in [-0.2, -0.15) is 5.10 Å². The summed E-state index contributed by atoms with van der Waals surface area (Å²) in [4.78, 5) is 19.6. The molecule has 0 radical (unpaired) electrons. The van der Waals surface area contributed by atoms with Crippen molar-refractivity contribution in [2.45, 2.75) is 26.4 Å². The van der Waals surface area contributed by atoms with Crippen LogP contribution in [0, 0.1) is 6.92 Å². The van der Waals surface area contributed by atoms with Crippen molar-refractivity contribution in [2.75, 3.05) is 18.0 Å². The van der Waals surface area contributed by atoms with Gasteiger partial charge in [-0.3, -0.25) is 4.98 Å². The Kier molecular flexibility index (Phi) is 3.71. The van der Waals surface area contributed by atoms with Gasteiger partial charge in [-0.25, -0.2) is 9.48 Å². The van der Waals surface area contributed by atoms with Crippen LogP contribution in [-0.4, -0.2) is 33.8 Å². The molecule has 0 saturated carbocycles. The zero-order chi connectivity index (χ0) is 20.3. The predicted molar refractivity (Wildman–Crippen MR) is 108 cm³/mol. The summed E-state index contributed by atoms with van der Waals surface area (Å²) in [6, 6.07) is 9.53. The number of hydrogen-bond donors (Lipinski definition) is 0. The van der Waals surface area contributed by atoms with Gasteiger partial charge in [0.05, 0.1) is 16.8 Å². The Morgan fingerprint density at radius 3 is 2.76 bits per heavy atom. The number of nitrogens with zero attached hydrogens (tertiary/aromatic N) is 4. The van der Waals surface area contributed by atoms with Crippen molar-refractivity contribution in [1.29, 1.82) is 0 Å². The summed E-state index contributed by atoms with van der Waals surface area (Å²) in [5.74, 6) is 0.831. The fourth-order valence-electron chi connectivity index (χ4n) is 4.51. The summed E-state index contributed by atoms with van der Waals surface area (Å²) < 4.78 is 14.1. The van der Waals surface area contributed by atoms with Gasteiger partial charge >= 0.3 is 5.97 Å². The normalized spacial score (nSPS) is 18.7. The van der Waals surface area contributed by atoms with Gasteiger partial charge < -0.3 is 14.4 Å². The Hall–Kier alpha value is -3.35. The minimum atomic E-state index is -1.16. The van der Waals surface area contributed by atoms with Crippen LogP contribution >= 0.6 is 0 Å². The number of benzene rings is 1. The molecule has 0 saturated heterocycles. The van der Waals surface area contributed by atoms with Crippen molar-refractivity contribution in [1.82, 2.24) is 14.8 Å². The van der Waals surface area contributed by atoms with Crippen LogP contribution in [0.2, 0.25) is 0 Å². The number of carbonyl (C=O) groups is 1.